The molecule has 0 saturated carbocycles. The van der Waals surface area contributed by atoms with Crippen LogP contribution >= 0.6 is 11.3 Å². The van der Waals surface area contributed by atoms with Crippen LogP contribution in [0.5, 0.6) is 0 Å². The highest BCUT2D eigenvalue weighted by Gasteiger charge is 2.44. The smallest absolute Gasteiger partial charge is 0.277 e. The van der Waals surface area contributed by atoms with Crippen LogP contribution in [0, 0.1) is 30.4 Å². The summed E-state index contributed by atoms with van der Waals surface area (Å²) in [5.74, 6) is -3.23. The summed E-state index contributed by atoms with van der Waals surface area (Å²) in [5, 5.41) is 20.4. The van der Waals surface area contributed by atoms with E-state index in [9.17, 15) is 32.6 Å². The molecule has 6 atom stereocenters. The van der Waals surface area contributed by atoms with Crippen LogP contribution < -0.4 is 19.5 Å². The highest BCUT2D eigenvalue weighted by atomic mass is 32.2. The molecule has 23 heteroatoms. The van der Waals surface area contributed by atoms with Crippen molar-refractivity contribution >= 4 is 68.4 Å². The Morgan fingerprint density at radius 3 is 2.27 bits per heavy atom. The minimum absolute atomic E-state index is 0.0313. The number of nitrogens with zero attached hydrogens (tertiary/aromatic N) is 10. The molecule has 4 aromatic heterocycles. The lowest BCUT2D eigenvalue weighted by atomic mass is 9.90. The third kappa shape index (κ3) is 11.9. The van der Waals surface area contributed by atoms with Gasteiger partial charge in [-0.1, -0.05) is 50.2 Å². The van der Waals surface area contributed by atoms with Gasteiger partial charge in [0, 0.05) is 113 Å². The van der Waals surface area contributed by atoms with E-state index in [4.69, 9.17) is 5.10 Å². The number of aromatic amines is 1. The molecule has 438 valence electrons. The number of halogens is 3. The highest BCUT2D eigenvalue weighted by Crippen LogP contribution is 2.37. The van der Waals surface area contributed by atoms with Gasteiger partial charge >= 0.3 is 0 Å². The average molecular weight is 1180 g/mol. The quantitative estimate of drug-likeness (QED) is 0.0501. The number of likely N-dealkylation sites (tertiary alicyclic amines) is 1. The predicted octanol–water partition coefficient (Wildman–Crippen LogP) is 8.42. The van der Waals surface area contributed by atoms with Crippen molar-refractivity contribution in [2.75, 3.05) is 79.7 Å². The van der Waals surface area contributed by atoms with E-state index in [1.165, 1.54) is 11.2 Å². The van der Waals surface area contributed by atoms with Crippen molar-refractivity contribution in [1.82, 2.24) is 44.9 Å². The molecule has 0 aliphatic carbocycles. The Labute approximate surface area is 486 Å². The van der Waals surface area contributed by atoms with Gasteiger partial charge in [-0.15, -0.1) is 11.3 Å². The van der Waals surface area contributed by atoms with Crippen molar-refractivity contribution < 1.29 is 41.4 Å². The van der Waals surface area contributed by atoms with Crippen molar-refractivity contribution in [2.45, 2.75) is 83.7 Å². The molecule has 8 heterocycles. The van der Waals surface area contributed by atoms with Crippen LogP contribution in [0.15, 0.2) is 90.7 Å². The van der Waals surface area contributed by atoms with E-state index in [1.807, 2.05) is 87.4 Å². The van der Waals surface area contributed by atoms with E-state index in [0.717, 1.165) is 110 Å². The molecule has 4 fully saturated rings. The topological polar surface area (TPSA) is 200 Å². The van der Waals surface area contributed by atoms with E-state index >= 15 is 8.78 Å². The van der Waals surface area contributed by atoms with Gasteiger partial charge in [-0.05, 0) is 92.0 Å². The van der Waals surface area contributed by atoms with Crippen LogP contribution in [0.25, 0.3) is 32.6 Å². The Morgan fingerprint density at radius 2 is 1.60 bits per heavy atom. The molecule has 4 saturated heterocycles. The number of hydrazine groups is 1. The number of benzene rings is 3. The fourth-order valence-corrected chi connectivity index (χ4v) is 13.9. The summed E-state index contributed by atoms with van der Waals surface area (Å²) in [6.07, 6.45) is 3.18. The number of aromatic nitrogens is 5. The summed E-state index contributed by atoms with van der Waals surface area (Å²) in [6.45, 7) is 13.9. The number of H-pyrrole nitrogens is 1. The minimum atomic E-state index is -2.83. The van der Waals surface area contributed by atoms with Crippen LogP contribution in [-0.2, 0) is 27.9 Å². The molecule has 18 nitrogen and oxygen atoms in total. The molecule has 0 bridgehead atoms. The first-order chi connectivity index (χ1) is 39.9. The fourth-order valence-electron chi connectivity index (χ4n) is 12.4. The first-order valence-electron chi connectivity index (χ1n) is 28.4. The van der Waals surface area contributed by atoms with Gasteiger partial charge in [0.15, 0.2) is 5.82 Å². The number of thiazole rings is 1. The van der Waals surface area contributed by atoms with Crippen molar-refractivity contribution in [2.24, 2.45) is 18.9 Å². The van der Waals surface area contributed by atoms with Gasteiger partial charge in [0.25, 0.3) is 11.3 Å². The molecule has 1 unspecified atom stereocenters. The number of aliphatic hydroxyl groups excluding tert-OH is 1. The zero-order valence-electron chi connectivity index (χ0n) is 47.1. The van der Waals surface area contributed by atoms with Crippen molar-refractivity contribution in [3.8, 4) is 21.6 Å². The normalized spacial score (nSPS) is 20.4. The number of pyridine rings is 1. The Bertz CT molecular complexity index is 3530. The molecule has 7 aromatic rings. The van der Waals surface area contributed by atoms with Gasteiger partial charge in [0.05, 0.1) is 51.9 Å². The summed E-state index contributed by atoms with van der Waals surface area (Å²) in [7, 11) is 1.91. The Kier molecular flexibility index (Phi) is 16.9. The van der Waals surface area contributed by atoms with Crippen molar-refractivity contribution in [3.63, 3.8) is 0 Å². The summed E-state index contributed by atoms with van der Waals surface area (Å²) >= 11 is -1.24. The van der Waals surface area contributed by atoms with E-state index < -0.39 is 64.2 Å². The standard InChI is InChI=1S/C60H69F3N12O6S2/c1-35(2)53(60(79)74-33-45(76)27-51(74)59(78)67-36(3)39-6-8-41(9-7-39)57-37(4)66-34-82-57)49-28-52(69(5)68-49)72-24-22-70(23-25-72)31-38-16-19-71(20-17-38)44-12-10-40(11-13-44)42-26-46-47(30-65-58(46)64-29-42)56(77)54-48(62)14-15-50(55(54)63)75(83(80)81)73-21-18-43(61)32-73/h6-15,26,28-30,34-36,38,43,45,51,53,76H,16-25,27,31-33H2,1-5H3,(H,64,65)(H,67,78)(H,80,81)/t36-,43+,45+,51-,53+/m0/s1. The second-order valence-electron chi connectivity index (χ2n) is 22.8. The molecular weight excluding hydrogens is 1110 g/mol. The van der Waals surface area contributed by atoms with Crippen LogP contribution in [0.4, 0.5) is 30.4 Å². The SMILES string of the molecule is Cc1ncsc1-c1ccc([C@H](C)NC(=O)[C@@H]2C[C@@H](O)CN2C(=O)[C@@H](c2cc(N3CCN(CC4CCN(c5ccc(-c6cnc7[nH]cc(C(=O)c8c(F)ccc(N(N9CC[C@@H](F)C9)S(=O)O)c8F)c7c6)cc5)CC4)CC3)n(C)n2)C(C)C)cc1. The van der Waals surface area contributed by atoms with Crippen LogP contribution in [-0.4, -0.2) is 155 Å². The molecular formula is C60H69F3N12O6S2. The van der Waals surface area contributed by atoms with Gasteiger partial charge in [0.2, 0.25) is 17.6 Å². The van der Waals surface area contributed by atoms with Crippen molar-refractivity contribution in [1.29, 1.82) is 0 Å². The Morgan fingerprint density at radius 1 is 0.880 bits per heavy atom. The number of ketones is 1. The largest absolute Gasteiger partial charge is 0.391 e. The number of aryl methyl sites for hydroxylation is 2. The molecule has 3 aromatic carbocycles. The molecule has 4 aliphatic rings. The lowest BCUT2D eigenvalue weighted by molar-refractivity contribution is -0.140. The number of alkyl halides is 1. The van der Waals surface area contributed by atoms with Gasteiger partial charge in [0.1, 0.15) is 35.2 Å². The van der Waals surface area contributed by atoms with E-state index in [1.54, 1.807) is 28.5 Å². The molecule has 0 spiro atoms. The highest BCUT2D eigenvalue weighted by molar-refractivity contribution is 7.80. The van der Waals surface area contributed by atoms with E-state index in [0.29, 0.717) is 32.6 Å². The molecule has 4 N–H and O–H groups in total. The number of hydrogen-bond acceptors (Lipinski definition) is 13. The molecule has 83 heavy (non-hydrogen) atoms. The molecule has 0 radical (unpaired) electrons. The Hall–Kier alpha value is -7.02. The maximum Gasteiger partial charge on any atom is 0.277 e. The Balaban J connectivity index is 0.671. The number of carbonyl (C=O) groups is 3. The summed E-state index contributed by atoms with van der Waals surface area (Å²) in [4.78, 5) is 64.1. The van der Waals surface area contributed by atoms with Crippen LogP contribution in [0.3, 0.4) is 0 Å². The predicted molar refractivity (Wildman–Crippen MR) is 315 cm³/mol. The number of fused-ring (bicyclic) bond motifs is 1. The van der Waals surface area contributed by atoms with Gasteiger partial charge < -0.3 is 30.1 Å². The lowest BCUT2D eigenvalue weighted by Gasteiger charge is -2.40. The first-order valence-corrected chi connectivity index (χ1v) is 30.3. The number of hydrogen-bond donors (Lipinski definition) is 4. The molecule has 4 aliphatic heterocycles. The maximum atomic E-state index is 16.1. The van der Waals surface area contributed by atoms with Gasteiger partial charge in [-0.25, -0.2) is 32.4 Å². The zero-order chi connectivity index (χ0) is 58.4. The van der Waals surface area contributed by atoms with Gasteiger partial charge in [-0.3, -0.25) is 28.5 Å². The zero-order valence-corrected chi connectivity index (χ0v) is 48.7. The number of anilines is 3. The lowest BCUT2D eigenvalue weighted by Crippen LogP contribution is -2.49. The monoisotopic (exact) mass is 1170 g/mol. The number of nitrogens with one attached hydrogen (secondary N) is 2. The number of rotatable bonds is 17. The summed E-state index contributed by atoms with van der Waals surface area (Å²) in [6, 6.07) is 20.6. The number of β-amino-alcohol motifs (C(OH)–C–C–N with tert-alkyl or cyclic N) is 1. The number of carbonyl (C=O) groups excluding carboxylic acids is 3. The third-order valence-corrected chi connectivity index (χ3v) is 18.7. The average Bonchev–Trinajstić information content (AvgIpc) is 3.65. The third-order valence-electron chi connectivity index (χ3n) is 17.0. The summed E-state index contributed by atoms with van der Waals surface area (Å²) < 4.78 is 70.5. The van der Waals surface area contributed by atoms with E-state index in [-0.39, 0.29) is 61.8 Å². The minimum Gasteiger partial charge on any atom is -0.391 e. The molecule has 11 rings (SSSR count). The maximum absolute atomic E-state index is 16.1. The van der Waals surface area contributed by atoms with Crippen LogP contribution in [0.2, 0.25) is 0 Å². The van der Waals surface area contributed by atoms with Crippen LogP contribution in [0.1, 0.15) is 91.3 Å². The van der Waals surface area contributed by atoms with Crippen molar-refractivity contribution in [3.05, 3.63) is 130 Å². The second-order valence-corrected chi connectivity index (χ2v) is 24.4. The number of piperazine rings is 1. The van der Waals surface area contributed by atoms with Gasteiger partial charge in [-0.2, -0.15) is 9.51 Å². The number of piperidine rings is 1. The number of amides is 2. The molecule has 2 amide bonds. The fraction of sp³-hybridized carbons (Fsp3) is 0.433. The first kappa shape index (κ1) is 57.8. The van der Waals surface area contributed by atoms with E-state index in [2.05, 4.69) is 47.1 Å². The summed E-state index contributed by atoms with van der Waals surface area (Å²) in [5.41, 5.74) is 6.91. The second kappa shape index (κ2) is 24.3. The number of aliphatic hydroxyl groups is 1.